The smallest absolute Gasteiger partial charge is 0.270 e. The molecule has 12 heteroatoms. The van der Waals surface area contributed by atoms with Gasteiger partial charge in [0.15, 0.2) is 0 Å². The zero-order chi connectivity index (χ0) is 24.0. The number of aliphatic imine (C=N–C) groups is 1. The lowest BCUT2D eigenvalue weighted by molar-refractivity contribution is -0.116. The highest BCUT2D eigenvalue weighted by Crippen LogP contribution is 2.18. The molecule has 0 aliphatic carbocycles. The second kappa shape index (κ2) is 12.9. The maximum absolute atomic E-state index is 11.2. The van der Waals surface area contributed by atoms with Gasteiger partial charge in [-0.25, -0.2) is 4.79 Å². The number of carbonyl (C=O) groups is 1. The minimum Gasteiger partial charge on any atom is -0.270 e. The molecule has 1 heterocycles. The van der Waals surface area contributed by atoms with E-state index in [9.17, 15) is 9.59 Å². The lowest BCUT2D eigenvalue weighted by Gasteiger charge is -2.08. The molecule has 0 saturated heterocycles. The molecule has 0 fully saturated rings. The van der Waals surface area contributed by atoms with Crippen LogP contribution < -0.4 is 5.01 Å². The fraction of sp³-hybridized carbons (Fsp3) is 0.200. The number of rotatable bonds is 3. The lowest BCUT2D eigenvalue weighted by atomic mass is 10.2. The number of benzene rings is 2. The van der Waals surface area contributed by atoms with E-state index in [1.165, 1.54) is 11.1 Å². The first-order valence-corrected chi connectivity index (χ1v) is 12.5. The quantitative estimate of drug-likeness (QED) is 0.163. The number of carbonyl (C=O) groups excluding carboxylic acids is 2. The van der Waals surface area contributed by atoms with Gasteiger partial charge in [0.25, 0.3) is 5.91 Å². The number of hydrogen-bond donors (Lipinski definition) is 0. The second-order valence-electron chi connectivity index (χ2n) is 6.98. The van der Waals surface area contributed by atoms with Crippen molar-refractivity contribution >= 4 is 31.6 Å². The Balaban J connectivity index is 0.000000256. The normalized spacial score (nSPS) is 11.3. The van der Waals surface area contributed by atoms with E-state index in [1.54, 1.807) is 48.5 Å². The molecule has 0 bridgehead atoms. The molecule has 32 heavy (non-hydrogen) atoms. The van der Waals surface area contributed by atoms with Crippen LogP contribution in [0.4, 0.5) is 11.4 Å². The lowest BCUT2D eigenvalue weighted by Crippen LogP contribution is -2.21. The second-order valence-corrected chi connectivity index (χ2v) is 11.5. The van der Waals surface area contributed by atoms with Crippen molar-refractivity contribution in [1.82, 2.24) is 0 Å². The molecule has 0 radical (unpaired) electrons. The number of azide groups is 1. The molecule has 1 aliphatic rings. The van der Waals surface area contributed by atoms with Crippen molar-refractivity contribution in [1.29, 1.82) is 10.5 Å². The molecule has 160 valence electrons. The highest BCUT2D eigenvalue weighted by molar-refractivity contribution is 6.74. The van der Waals surface area contributed by atoms with Gasteiger partial charge in [-0.2, -0.15) is 25.6 Å². The van der Waals surface area contributed by atoms with Crippen LogP contribution >= 0.6 is 0 Å². The van der Waals surface area contributed by atoms with Gasteiger partial charge in [0.1, 0.15) is 14.8 Å². The molecule has 0 unspecified atom stereocenters. The van der Waals surface area contributed by atoms with Gasteiger partial charge >= 0.3 is 0 Å². The molecule has 0 atom stereocenters. The van der Waals surface area contributed by atoms with Gasteiger partial charge in [-0.15, -0.1) is 4.78 Å². The Hall–Kier alpha value is -4.60. The molecule has 0 spiro atoms. The molecule has 0 N–H and O–H groups in total. The number of anilines is 1. The molecular formula is C20H19N9O2Si. The van der Waals surface area contributed by atoms with E-state index < -0.39 is 8.24 Å². The highest BCUT2D eigenvalue weighted by Gasteiger charge is 2.19. The van der Waals surface area contributed by atoms with Crippen molar-refractivity contribution in [2.24, 2.45) is 20.1 Å². The van der Waals surface area contributed by atoms with Crippen LogP contribution in [0.15, 0.2) is 68.6 Å². The first-order chi connectivity index (χ1) is 15.2. The number of nitrogens with zero attached hydrogens (tertiary/aromatic N) is 9. The van der Waals surface area contributed by atoms with Crippen LogP contribution in [0.3, 0.4) is 0 Å². The van der Waals surface area contributed by atoms with Crippen LogP contribution in [0.25, 0.3) is 10.4 Å². The Morgan fingerprint density at radius 2 is 1.56 bits per heavy atom. The average molecular weight is 446 g/mol. The number of hydrogen-bond acceptors (Lipinski definition) is 8. The SMILES string of the molecule is C[Si](C)(C)N=[N+]=[N-].N#Cc1ccc(N2N=NCC2=O)cc1.N#Cc1ccc(N=C=O)cc1. The molecule has 2 aromatic carbocycles. The maximum atomic E-state index is 11.2. The Kier molecular flexibility index (Phi) is 10.2. The van der Waals surface area contributed by atoms with Gasteiger partial charge < -0.3 is 0 Å². The number of isocyanates is 1. The van der Waals surface area contributed by atoms with E-state index in [4.69, 9.17) is 16.1 Å². The van der Waals surface area contributed by atoms with Crippen molar-refractivity contribution < 1.29 is 9.59 Å². The predicted molar refractivity (Wildman–Crippen MR) is 120 cm³/mol. The van der Waals surface area contributed by atoms with Crippen molar-refractivity contribution in [3.63, 3.8) is 0 Å². The summed E-state index contributed by atoms with van der Waals surface area (Å²) >= 11 is 0. The summed E-state index contributed by atoms with van der Waals surface area (Å²) < 4.78 is 3.58. The van der Waals surface area contributed by atoms with Crippen molar-refractivity contribution in [2.45, 2.75) is 19.6 Å². The topological polar surface area (TPSA) is 171 Å². The Morgan fingerprint density at radius 3 is 1.91 bits per heavy atom. The summed E-state index contributed by atoms with van der Waals surface area (Å²) in [5, 5.41) is 25.5. The summed E-state index contributed by atoms with van der Waals surface area (Å²) in [4.78, 5) is 27.0. The summed E-state index contributed by atoms with van der Waals surface area (Å²) in [7, 11) is -1.45. The highest BCUT2D eigenvalue weighted by atomic mass is 28.3. The molecule has 1 amide bonds. The van der Waals surface area contributed by atoms with E-state index in [-0.39, 0.29) is 12.5 Å². The number of amides is 1. The summed E-state index contributed by atoms with van der Waals surface area (Å²) in [6.07, 6.45) is 1.41. The van der Waals surface area contributed by atoms with Crippen LogP contribution in [-0.2, 0) is 9.59 Å². The van der Waals surface area contributed by atoms with Gasteiger partial charge in [-0.1, -0.05) is 24.9 Å². The fourth-order valence-corrected chi connectivity index (χ4v) is 2.21. The Bertz CT molecular complexity index is 1130. The third-order valence-corrected chi connectivity index (χ3v) is 4.04. The van der Waals surface area contributed by atoms with Crippen molar-refractivity contribution in [2.75, 3.05) is 11.6 Å². The predicted octanol–water partition coefficient (Wildman–Crippen LogP) is 4.93. The zero-order valence-corrected chi connectivity index (χ0v) is 18.7. The standard InChI is InChI=1S/C9H6N4O.C8H4N2O.C3H9N3Si/c10-5-7-1-3-8(4-2-7)13-9(14)6-11-12-13;9-5-7-1-3-8(4-2-7)10-6-11;1-7(2,3)6-5-4/h1-4H,6H2;1-4H;1-3H3. The third-order valence-electron chi connectivity index (χ3n) is 3.35. The third kappa shape index (κ3) is 9.26. The van der Waals surface area contributed by atoms with Gasteiger partial charge in [-0.3, -0.25) is 4.79 Å². The van der Waals surface area contributed by atoms with Crippen LogP contribution in [0.2, 0.25) is 19.6 Å². The van der Waals surface area contributed by atoms with E-state index >= 15 is 0 Å². The van der Waals surface area contributed by atoms with E-state index in [1.807, 2.05) is 31.8 Å². The van der Waals surface area contributed by atoms with Crippen molar-refractivity contribution in [3.05, 3.63) is 70.1 Å². The summed E-state index contributed by atoms with van der Waals surface area (Å²) in [5.41, 5.74) is 10.1. The van der Waals surface area contributed by atoms with Gasteiger partial charge in [0.2, 0.25) is 6.08 Å². The molecule has 11 nitrogen and oxygen atoms in total. The minimum absolute atomic E-state index is 0.0972. The van der Waals surface area contributed by atoms with E-state index in [2.05, 4.69) is 25.0 Å². The van der Waals surface area contributed by atoms with Crippen LogP contribution in [0.1, 0.15) is 11.1 Å². The average Bonchev–Trinajstić information content (AvgIpc) is 3.20. The molecule has 0 aromatic heterocycles. The van der Waals surface area contributed by atoms with Crippen LogP contribution in [0, 0.1) is 22.7 Å². The van der Waals surface area contributed by atoms with Crippen molar-refractivity contribution in [3.8, 4) is 12.1 Å². The minimum atomic E-state index is -1.45. The molecule has 1 aliphatic heterocycles. The first-order valence-electron chi connectivity index (χ1n) is 9.09. The molecule has 3 rings (SSSR count). The van der Waals surface area contributed by atoms with Gasteiger partial charge in [0.05, 0.1) is 34.6 Å². The Labute approximate surface area is 185 Å². The summed E-state index contributed by atoms with van der Waals surface area (Å²) in [6.45, 7) is 6.08. The molecule has 2 aromatic rings. The zero-order valence-electron chi connectivity index (χ0n) is 17.7. The summed E-state index contributed by atoms with van der Waals surface area (Å²) in [5.74, 6) is -0.158. The first kappa shape index (κ1) is 25.4. The monoisotopic (exact) mass is 445 g/mol. The Morgan fingerprint density at radius 1 is 1.03 bits per heavy atom. The molecular weight excluding hydrogens is 426 g/mol. The summed E-state index contributed by atoms with van der Waals surface area (Å²) in [6, 6.07) is 16.9. The molecule has 0 saturated carbocycles. The van der Waals surface area contributed by atoms with E-state index in [0.717, 1.165) is 0 Å². The van der Waals surface area contributed by atoms with Gasteiger partial charge in [-0.05, 0) is 59.0 Å². The maximum Gasteiger partial charge on any atom is 0.272 e. The number of nitriles is 2. The fourth-order valence-electron chi connectivity index (χ4n) is 1.94. The van der Waals surface area contributed by atoms with Gasteiger partial charge in [0, 0.05) is 0 Å². The largest absolute Gasteiger partial charge is 0.272 e. The van der Waals surface area contributed by atoms with E-state index in [0.29, 0.717) is 22.5 Å². The van der Waals surface area contributed by atoms with Crippen LogP contribution in [0.5, 0.6) is 0 Å². The van der Waals surface area contributed by atoms with Crippen LogP contribution in [-0.4, -0.2) is 26.8 Å².